The van der Waals surface area contributed by atoms with Crippen molar-refractivity contribution in [3.8, 4) is 22.6 Å². The number of nitrogens with zero attached hydrogens (tertiary/aromatic N) is 2. The Morgan fingerprint density at radius 1 is 1.00 bits per heavy atom. The molecule has 1 aromatic heterocycles. The van der Waals surface area contributed by atoms with Crippen molar-refractivity contribution < 1.29 is 14.9 Å². The summed E-state index contributed by atoms with van der Waals surface area (Å²) in [7, 11) is 1.57. The van der Waals surface area contributed by atoms with Crippen molar-refractivity contribution in [1.82, 2.24) is 9.88 Å². The van der Waals surface area contributed by atoms with Gasteiger partial charge in [0.05, 0.1) is 19.2 Å². The number of aromatic nitrogens is 1. The minimum atomic E-state index is -0.122. The highest BCUT2D eigenvalue weighted by Crippen LogP contribution is 2.39. The van der Waals surface area contributed by atoms with E-state index in [1.54, 1.807) is 13.3 Å². The van der Waals surface area contributed by atoms with E-state index < -0.39 is 0 Å². The number of ether oxygens (including phenoxy) is 1. The molecular formula is C28H30ClN3O3. The smallest absolute Gasteiger partial charge is 0.128 e. The molecule has 0 aliphatic heterocycles. The molecule has 0 radical (unpaired) electrons. The largest absolute Gasteiger partial charge is 0.507 e. The Hall–Kier alpha value is -3.32. The number of phenolic OH excluding ortho intramolecular Hbond substituents is 1. The van der Waals surface area contributed by atoms with Gasteiger partial charge in [0.1, 0.15) is 11.5 Å². The number of phenols is 1. The fraction of sp³-hybridized carbons (Fsp3) is 0.250. The molecule has 0 spiro atoms. The van der Waals surface area contributed by atoms with E-state index in [1.165, 1.54) is 0 Å². The fourth-order valence-corrected chi connectivity index (χ4v) is 4.39. The third-order valence-corrected chi connectivity index (χ3v) is 6.46. The lowest BCUT2D eigenvalue weighted by Gasteiger charge is -2.21. The normalized spacial score (nSPS) is 11.3. The van der Waals surface area contributed by atoms with Crippen LogP contribution in [-0.2, 0) is 13.2 Å². The zero-order chi connectivity index (χ0) is 24.9. The second kappa shape index (κ2) is 11.0. The number of nitrogens with one attached hydrogen (secondary N) is 1. The molecule has 7 heteroatoms. The molecule has 0 atom stereocenters. The van der Waals surface area contributed by atoms with Gasteiger partial charge in [-0.25, -0.2) is 0 Å². The van der Waals surface area contributed by atoms with Gasteiger partial charge in [-0.3, -0.25) is 9.88 Å². The summed E-state index contributed by atoms with van der Waals surface area (Å²) in [6.45, 7) is 6.45. The summed E-state index contributed by atoms with van der Waals surface area (Å²) in [6, 6.07) is 17.0. The van der Waals surface area contributed by atoms with Crippen molar-refractivity contribution in [2.24, 2.45) is 0 Å². The number of aliphatic hydroxyl groups excluding tert-OH is 1. The zero-order valence-electron chi connectivity index (χ0n) is 20.2. The predicted octanol–water partition coefficient (Wildman–Crippen LogP) is 6.35. The number of hydrogen-bond donors (Lipinski definition) is 3. The Bertz CT molecular complexity index is 1340. The maximum Gasteiger partial charge on any atom is 0.128 e. The standard InChI is InChI=1S/C28H30ClN3O3/c1-4-32(5-2)16-20-12-22(31-25-10-11-30-26-14-21(29)8-9-23(25)26)15-24(28(20)34)18-6-7-19(17-33)27(13-18)35-3/h6-15,33-34H,4-5,16-17H2,1-3H3,(H,30,31). The van der Waals surface area contributed by atoms with Crippen molar-refractivity contribution >= 4 is 33.9 Å². The first-order valence-electron chi connectivity index (χ1n) is 11.6. The van der Waals surface area contributed by atoms with Crippen LogP contribution in [0.2, 0.25) is 5.02 Å². The van der Waals surface area contributed by atoms with Crippen LogP contribution in [0.1, 0.15) is 25.0 Å². The molecule has 182 valence electrons. The van der Waals surface area contributed by atoms with Gasteiger partial charge in [0.25, 0.3) is 0 Å². The average Bonchev–Trinajstić information content (AvgIpc) is 2.88. The molecule has 0 amide bonds. The number of hydrogen-bond acceptors (Lipinski definition) is 6. The Balaban J connectivity index is 1.83. The zero-order valence-corrected chi connectivity index (χ0v) is 20.9. The van der Waals surface area contributed by atoms with Gasteiger partial charge in [-0.1, -0.05) is 37.6 Å². The quantitative estimate of drug-likeness (QED) is 0.237. The molecule has 6 nitrogen and oxygen atoms in total. The predicted molar refractivity (Wildman–Crippen MR) is 143 cm³/mol. The van der Waals surface area contributed by atoms with Gasteiger partial charge in [0.2, 0.25) is 0 Å². The van der Waals surface area contributed by atoms with Gasteiger partial charge < -0.3 is 20.3 Å². The van der Waals surface area contributed by atoms with Gasteiger partial charge in [-0.05, 0) is 61.1 Å². The van der Waals surface area contributed by atoms with Crippen LogP contribution in [0.25, 0.3) is 22.0 Å². The first kappa shape index (κ1) is 24.8. The summed E-state index contributed by atoms with van der Waals surface area (Å²) < 4.78 is 5.47. The lowest BCUT2D eigenvalue weighted by Crippen LogP contribution is -2.22. The topological polar surface area (TPSA) is 77.9 Å². The molecule has 3 N–H and O–H groups in total. The van der Waals surface area contributed by atoms with Crippen LogP contribution in [0.4, 0.5) is 11.4 Å². The Morgan fingerprint density at radius 2 is 1.80 bits per heavy atom. The van der Waals surface area contributed by atoms with Crippen LogP contribution in [-0.4, -0.2) is 40.3 Å². The molecule has 0 bridgehead atoms. The summed E-state index contributed by atoms with van der Waals surface area (Å²) in [5.74, 6) is 0.803. The van der Waals surface area contributed by atoms with E-state index in [-0.39, 0.29) is 12.4 Å². The molecule has 0 aliphatic carbocycles. The van der Waals surface area contributed by atoms with Gasteiger partial charge in [0, 0.05) is 51.2 Å². The van der Waals surface area contributed by atoms with Crippen molar-refractivity contribution in [2.75, 3.05) is 25.5 Å². The van der Waals surface area contributed by atoms with Crippen molar-refractivity contribution in [2.45, 2.75) is 27.0 Å². The van der Waals surface area contributed by atoms with Crippen LogP contribution in [0, 0.1) is 0 Å². The van der Waals surface area contributed by atoms with E-state index >= 15 is 0 Å². The third-order valence-electron chi connectivity index (χ3n) is 6.23. The molecular weight excluding hydrogens is 462 g/mol. The molecule has 3 aromatic carbocycles. The second-order valence-electron chi connectivity index (χ2n) is 8.32. The highest BCUT2D eigenvalue weighted by Gasteiger charge is 2.16. The van der Waals surface area contributed by atoms with E-state index in [0.29, 0.717) is 28.4 Å². The monoisotopic (exact) mass is 491 g/mol. The van der Waals surface area contributed by atoms with Gasteiger partial charge in [-0.15, -0.1) is 0 Å². The van der Waals surface area contributed by atoms with Crippen molar-refractivity contribution in [3.05, 3.63) is 76.9 Å². The molecule has 0 fully saturated rings. The Kier molecular flexibility index (Phi) is 7.76. The summed E-state index contributed by atoms with van der Waals surface area (Å²) in [4.78, 5) is 6.68. The lowest BCUT2D eigenvalue weighted by atomic mass is 9.98. The minimum Gasteiger partial charge on any atom is -0.507 e. The number of aromatic hydroxyl groups is 1. The maximum atomic E-state index is 11.3. The molecule has 4 aromatic rings. The number of benzene rings is 3. The van der Waals surface area contributed by atoms with Crippen LogP contribution in [0.5, 0.6) is 11.5 Å². The van der Waals surface area contributed by atoms with Gasteiger partial charge in [0.15, 0.2) is 0 Å². The number of pyridine rings is 1. The second-order valence-corrected chi connectivity index (χ2v) is 8.76. The number of fused-ring (bicyclic) bond motifs is 1. The lowest BCUT2D eigenvalue weighted by molar-refractivity contribution is 0.274. The SMILES string of the molecule is CCN(CC)Cc1cc(Nc2ccnc3cc(Cl)ccc23)cc(-c2ccc(CO)c(OC)c2)c1O. The molecule has 35 heavy (non-hydrogen) atoms. The first-order valence-corrected chi connectivity index (χ1v) is 12.0. The first-order chi connectivity index (χ1) is 17.0. The highest BCUT2D eigenvalue weighted by molar-refractivity contribution is 6.31. The van der Waals surface area contributed by atoms with Crippen LogP contribution < -0.4 is 10.1 Å². The highest BCUT2D eigenvalue weighted by atomic mass is 35.5. The van der Waals surface area contributed by atoms with Crippen LogP contribution in [0.15, 0.2) is 60.8 Å². The molecule has 0 aliphatic rings. The van der Waals surface area contributed by atoms with Crippen molar-refractivity contribution in [1.29, 1.82) is 0 Å². The molecule has 0 unspecified atom stereocenters. The van der Waals surface area contributed by atoms with E-state index in [9.17, 15) is 10.2 Å². The summed E-state index contributed by atoms with van der Waals surface area (Å²) >= 11 is 6.16. The fourth-order valence-electron chi connectivity index (χ4n) is 4.22. The Morgan fingerprint density at radius 3 is 2.51 bits per heavy atom. The van der Waals surface area contributed by atoms with Crippen LogP contribution in [0.3, 0.4) is 0 Å². The number of aliphatic hydroxyl groups is 1. The van der Waals surface area contributed by atoms with E-state index in [1.807, 2.05) is 54.6 Å². The van der Waals surface area contributed by atoms with Gasteiger partial charge in [-0.2, -0.15) is 0 Å². The van der Waals surface area contributed by atoms with E-state index in [0.717, 1.165) is 46.5 Å². The summed E-state index contributed by atoms with van der Waals surface area (Å²) in [5.41, 5.74) is 5.52. The third kappa shape index (κ3) is 5.35. The number of methoxy groups -OCH3 is 1. The maximum absolute atomic E-state index is 11.3. The minimum absolute atomic E-state index is 0.122. The molecule has 0 saturated heterocycles. The van der Waals surface area contributed by atoms with Crippen LogP contribution >= 0.6 is 11.6 Å². The van der Waals surface area contributed by atoms with Gasteiger partial charge >= 0.3 is 0 Å². The number of anilines is 2. The average molecular weight is 492 g/mol. The van der Waals surface area contributed by atoms with Crippen molar-refractivity contribution in [3.63, 3.8) is 0 Å². The van der Waals surface area contributed by atoms with E-state index in [4.69, 9.17) is 16.3 Å². The number of halogens is 1. The van der Waals surface area contributed by atoms with E-state index in [2.05, 4.69) is 29.0 Å². The Labute approximate surface area is 210 Å². The molecule has 1 heterocycles. The summed E-state index contributed by atoms with van der Waals surface area (Å²) in [6.07, 6.45) is 1.75. The summed E-state index contributed by atoms with van der Waals surface area (Å²) in [5, 5.41) is 26.0. The molecule has 4 rings (SSSR count). The molecule has 0 saturated carbocycles. The number of rotatable bonds is 9.